The van der Waals surface area contributed by atoms with Crippen LogP contribution in [0, 0.1) is 0 Å². The van der Waals surface area contributed by atoms with Gasteiger partial charge in [-0.25, -0.2) is 20.0 Å². The summed E-state index contributed by atoms with van der Waals surface area (Å²) in [5, 5.41) is 18.9. The van der Waals surface area contributed by atoms with Gasteiger partial charge in [-0.1, -0.05) is 25.3 Å². The first kappa shape index (κ1) is 31.5. The van der Waals surface area contributed by atoms with Crippen LogP contribution in [0.25, 0.3) is 0 Å². The molecule has 0 aromatic rings. The third kappa shape index (κ3) is 5.91. The summed E-state index contributed by atoms with van der Waals surface area (Å²) >= 11 is 0. The van der Waals surface area contributed by atoms with Crippen LogP contribution in [-0.4, -0.2) is 45.0 Å². The zero-order valence-electron chi connectivity index (χ0n) is 24.6. The van der Waals surface area contributed by atoms with Gasteiger partial charge in [0.05, 0.1) is 45.6 Å². The van der Waals surface area contributed by atoms with Crippen LogP contribution in [0.2, 0.25) is 0 Å². The predicted octanol–water partition coefficient (Wildman–Crippen LogP) is 6.72. The zero-order chi connectivity index (χ0) is 30.3. The van der Waals surface area contributed by atoms with Crippen LogP contribution in [0.15, 0.2) is 137 Å². The van der Waals surface area contributed by atoms with Crippen LogP contribution < -0.4 is 0 Å². The van der Waals surface area contributed by atoms with Crippen molar-refractivity contribution in [1.82, 2.24) is 0 Å². The molecule has 0 aromatic heterocycles. The van der Waals surface area contributed by atoms with Gasteiger partial charge in [-0.15, -0.1) is 0 Å². The zero-order valence-corrected chi connectivity index (χ0v) is 25.7. The average molecular weight is 616 g/mol. The quantitative estimate of drug-likeness (QED) is 0.294. The maximum Gasteiger partial charge on any atom is 3.00 e. The summed E-state index contributed by atoms with van der Waals surface area (Å²) in [6.07, 6.45) is 11.7. The Labute approximate surface area is 261 Å². The predicted molar refractivity (Wildman–Crippen MR) is 167 cm³/mol. The van der Waals surface area contributed by atoms with Gasteiger partial charge in [0, 0.05) is 24.0 Å². The first-order valence-corrected chi connectivity index (χ1v) is 13.8. The van der Waals surface area contributed by atoms with Crippen molar-refractivity contribution >= 4 is 34.8 Å². The minimum Gasteiger partial charge on any atom is -0.481 e. The molecule has 8 bridgehead atoms. The maximum atomic E-state index is 11.5. The number of aliphatic carboxylic acids is 2. The van der Waals surface area contributed by atoms with E-state index in [4.69, 9.17) is 20.0 Å². The molecule has 1 radical (unpaired) electrons. The molecule has 0 atom stereocenters. The number of carbonyl (C=O) groups is 2. The number of allylic oxidation sites excluding steroid dienone is 12. The topological polar surface area (TPSA) is 124 Å². The molecule has 5 aliphatic heterocycles. The standard InChI is InChI=1S/C34H32N4O4.Fe/c1-7-21-17(3)25-13-26-19(5)23(9-11-33(39)40)31(37-26)16-32-24(10-12-34(41)42)20(6)28(38-32)15-30-22(8-2)18(4)27(36-30)14-29(21)35-25;/h7-8,13-16H,1-2,9-12H2,3-6H3,(H,39,40)(H,41,42);/q;+3. The fourth-order valence-electron chi connectivity index (χ4n) is 5.61. The number of hydrogen-bond donors (Lipinski definition) is 2. The molecule has 0 aromatic carbocycles. The van der Waals surface area contributed by atoms with Crippen molar-refractivity contribution in [2.45, 2.75) is 53.4 Å². The van der Waals surface area contributed by atoms with Gasteiger partial charge in [0.25, 0.3) is 0 Å². The Morgan fingerprint density at radius 1 is 0.605 bits per heavy atom. The molecular weight excluding hydrogens is 584 g/mol. The van der Waals surface area contributed by atoms with E-state index in [-0.39, 0.29) is 29.9 Å². The first-order chi connectivity index (χ1) is 20.0. The van der Waals surface area contributed by atoms with E-state index in [9.17, 15) is 19.8 Å². The summed E-state index contributed by atoms with van der Waals surface area (Å²) < 4.78 is 0. The Bertz CT molecular complexity index is 1780. The largest absolute Gasteiger partial charge is 3.00 e. The summed E-state index contributed by atoms with van der Waals surface area (Å²) in [5.41, 5.74) is 12.6. The molecule has 0 aliphatic carbocycles. The van der Waals surface area contributed by atoms with E-state index in [0.29, 0.717) is 41.4 Å². The second-order valence-corrected chi connectivity index (χ2v) is 10.6. The fraction of sp³-hybridized carbons (Fsp3) is 0.235. The summed E-state index contributed by atoms with van der Waals surface area (Å²) in [4.78, 5) is 42.7. The summed E-state index contributed by atoms with van der Waals surface area (Å²) in [6, 6.07) is 0. The van der Waals surface area contributed by atoms with Gasteiger partial charge in [-0.3, -0.25) is 9.59 Å². The van der Waals surface area contributed by atoms with Crippen LogP contribution in [0.4, 0.5) is 0 Å². The van der Waals surface area contributed by atoms with Gasteiger partial charge >= 0.3 is 29.0 Å². The number of fused-ring (bicyclic) bond motifs is 4. The molecule has 43 heavy (non-hydrogen) atoms. The van der Waals surface area contributed by atoms with Crippen LogP contribution in [0.3, 0.4) is 0 Å². The van der Waals surface area contributed by atoms with Gasteiger partial charge in [0.1, 0.15) is 0 Å². The van der Waals surface area contributed by atoms with Crippen LogP contribution in [0.1, 0.15) is 53.4 Å². The van der Waals surface area contributed by atoms with Gasteiger partial charge < -0.3 is 10.2 Å². The van der Waals surface area contributed by atoms with E-state index in [0.717, 1.165) is 61.7 Å². The Morgan fingerprint density at radius 2 is 1.00 bits per heavy atom. The van der Waals surface area contributed by atoms with Gasteiger partial charge in [-0.2, -0.15) is 0 Å². The number of rotatable bonds is 8. The molecule has 0 unspecified atom stereocenters. The number of nitrogens with zero attached hydrogens (tertiary/aromatic N) is 4. The van der Waals surface area contributed by atoms with E-state index in [2.05, 4.69) is 13.2 Å². The minimum atomic E-state index is -0.898. The molecular formula is C34H32FeN4O4+3. The van der Waals surface area contributed by atoms with Crippen molar-refractivity contribution in [3.8, 4) is 0 Å². The molecule has 0 saturated carbocycles. The summed E-state index contributed by atoms with van der Waals surface area (Å²) in [7, 11) is 0. The average Bonchev–Trinajstić information content (AvgIpc) is 3.59. The smallest absolute Gasteiger partial charge is 0.481 e. The van der Waals surface area contributed by atoms with Crippen LogP contribution >= 0.6 is 0 Å². The molecule has 0 amide bonds. The Morgan fingerprint density at radius 3 is 1.49 bits per heavy atom. The van der Waals surface area contributed by atoms with Gasteiger partial charge in [0.2, 0.25) is 0 Å². The Hall–Kier alpha value is -4.46. The molecule has 5 aliphatic rings. The third-order valence-corrected chi connectivity index (χ3v) is 8.06. The molecule has 8 nitrogen and oxygen atoms in total. The van der Waals surface area contributed by atoms with Gasteiger partial charge in [-0.05, 0) is 98.3 Å². The van der Waals surface area contributed by atoms with Crippen LogP contribution in [-0.2, 0) is 26.7 Å². The molecule has 5 heterocycles. The van der Waals surface area contributed by atoms with Crippen molar-refractivity contribution in [3.63, 3.8) is 0 Å². The number of hydrogen-bond acceptors (Lipinski definition) is 6. The van der Waals surface area contributed by atoms with Crippen molar-refractivity contribution in [3.05, 3.63) is 117 Å². The van der Waals surface area contributed by atoms with E-state index in [1.165, 1.54) is 0 Å². The second kappa shape index (κ2) is 12.4. The molecule has 217 valence electrons. The van der Waals surface area contributed by atoms with Crippen molar-refractivity contribution < 1.29 is 36.9 Å². The molecule has 0 spiro atoms. The van der Waals surface area contributed by atoms with E-state index < -0.39 is 11.9 Å². The molecule has 9 heteroatoms. The van der Waals surface area contributed by atoms with E-state index in [1.807, 2.05) is 52.0 Å². The van der Waals surface area contributed by atoms with Gasteiger partial charge in [0.15, 0.2) is 0 Å². The summed E-state index contributed by atoms with van der Waals surface area (Å²) in [6.45, 7) is 15.9. The molecule has 0 saturated heterocycles. The third-order valence-electron chi connectivity index (χ3n) is 8.06. The second-order valence-electron chi connectivity index (χ2n) is 10.6. The number of carboxylic acids is 2. The van der Waals surface area contributed by atoms with Crippen LogP contribution in [0.5, 0.6) is 0 Å². The number of carboxylic acid groups (broad SMARTS) is 2. The Kier molecular flexibility index (Phi) is 9.09. The molecule has 2 N–H and O–H groups in total. The summed E-state index contributed by atoms with van der Waals surface area (Å²) in [5.74, 6) is -1.80. The fourth-order valence-corrected chi connectivity index (χ4v) is 5.61. The maximum absolute atomic E-state index is 11.5. The first-order valence-electron chi connectivity index (χ1n) is 13.8. The molecule has 5 rings (SSSR count). The van der Waals surface area contributed by atoms with E-state index >= 15 is 0 Å². The normalized spacial score (nSPS) is 19.3. The van der Waals surface area contributed by atoms with Crippen molar-refractivity contribution in [2.75, 3.05) is 0 Å². The monoisotopic (exact) mass is 616 g/mol. The Balaban J connectivity index is 0.00000423. The SMILES string of the molecule is C=CC1=C(C)C2=NC1=CC1=NC(=CC3=NC(=CC4=NC(=C2)C(C)=C4CCC(=O)O)C(CCC(=O)O)=C3C)C(C=C)=C1C.[Fe+3]. The minimum absolute atomic E-state index is 0. The van der Waals surface area contributed by atoms with E-state index in [1.54, 1.807) is 12.2 Å². The number of aliphatic imine (C=N–C) groups is 4. The van der Waals surface area contributed by atoms with Crippen molar-refractivity contribution in [1.29, 1.82) is 0 Å². The van der Waals surface area contributed by atoms with Crippen molar-refractivity contribution in [2.24, 2.45) is 20.0 Å². The molecule has 0 fully saturated rings.